The van der Waals surface area contributed by atoms with Crippen molar-refractivity contribution in [1.82, 2.24) is 24.7 Å². The van der Waals surface area contributed by atoms with Crippen LogP contribution in [0.25, 0.3) is 11.1 Å². The molecule has 2 aromatic heterocycles. The Hall–Kier alpha value is -1.34. The summed E-state index contributed by atoms with van der Waals surface area (Å²) in [5.74, 6) is 1.00. The first-order valence-corrected chi connectivity index (χ1v) is 19.0. The highest BCUT2D eigenvalue weighted by molar-refractivity contribution is 7.99. The SMILES string of the molecule is CCCCCCCN(CCN1CCN(CCCSc2nc3ccccc3o2)CC1)C(=O)Nc1c(SC)cc(C)nc1SC.Cl.Cl. The van der Waals surface area contributed by atoms with Gasteiger partial charge in [-0.15, -0.1) is 48.3 Å². The first-order valence-electron chi connectivity index (χ1n) is 15.6. The minimum atomic E-state index is -0.0122. The van der Waals surface area contributed by atoms with Crippen molar-refractivity contribution in [1.29, 1.82) is 0 Å². The van der Waals surface area contributed by atoms with Crippen molar-refractivity contribution < 1.29 is 9.21 Å². The van der Waals surface area contributed by atoms with Crippen LogP contribution in [-0.2, 0) is 0 Å². The van der Waals surface area contributed by atoms with Crippen molar-refractivity contribution >= 4 is 82.9 Å². The van der Waals surface area contributed by atoms with Crippen molar-refractivity contribution in [2.75, 3.05) is 75.9 Å². The Morgan fingerprint density at radius 3 is 2.33 bits per heavy atom. The van der Waals surface area contributed by atoms with E-state index < -0.39 is 0 Å². The zero-order chi connectivity index (χ0) is 30.4. The van der Waals surface area contributed by atoms with Gasteiger partial charge in [-0.1, -0.05) is 56.5 Å². The molecule has 1 aliphatic heterocycles. The van der Waals surface area contributed by atoms with Crippen LogP contribution < -0.4 is 5.32 Å². The van der Waals surface area contributed by atoms with E-state index >= 15 is 0 Å². The molecule has 3 aromatic rings. The highest BCUT2D eigenvalue weighted by Gasteiger charge is 2.21. The van der Waals surface area contributed by atoms with Crippen molar-refractivity contribution in [3.63, 3.8) is 0 Å². The molecule has 0 atom stereocenters. The number of para-hydroxylation sites is 2. The second kappa shape index (κ2) is 21.5. The third-order valence-corrected chi connectivity index (χ3v) is 10.2. The zero-order valence-corrected chi connectivity index (χ0v) is 31.2. The fraction of sp³-hybridized carbons (Fsp3) is 0.594. The van der Waals surface area contributed by atoms with Gasteiger partial charge in [-0.25, -0.2) is 14.8 Å². The number of aryl methyl sites for hydroxylation is 1. The number of urea groups is 1. The molecule has 4 rings (SSSR count). The Labute approximate surface area is 294 Å². The number of halogens is 2. The van der Waals surface area contributed by atoms with E-state index in [4.69, 9.17) is 4.42 Å². The molecule has 0 unspecified atom stereocenters. The fourth-order valence-electron chi connectivity index (χ4n) is 5.31. The Morgan fingerprint density at radius 1 is 0.933 bits per heavy atom. The molecule has 1 N–H and O–H groups in total. The van der Waals surface area contributed by atoms with Crippen LogP contribution in [0.4, 0.5) is 10.5 Å². The third-order valence-electron chi connectivity index (χ3n) is 7.81. The van der Waals surface area contributed by atoms with Crippen LogP contribution >= 0.6 is 60.1 Å². The van der Waals surface area contributed by atoms with Crippen LogP contribution in [0, 0.1) is 6.92 Å². The number of carbonyl (C=O) groups is 1. The Bertz CT molecular complexity index is 1230. The number of hydrogen-bond donors (Lipinski definition) is 1. The summed E-state index contributed by atoms with van der Waals surface area (Å²) in [6, 6.07) is 9.98. The number of unbranched alkanes of at least 4 members (excludes halogenated alkanes) is 4. The molecule has 13 heteroatoms. The predicted molar refractivity (Wildman–Crippen MR) is 199 cm³/mol. The lowest BCUT2D eigenvalue weighted by atomic mass is 10.1. The highest BCUT2D eigenvalue weighted by Crippen LogP contribution is 2.34. The van der Waals surface area contributed by atoms with Crippen LogP contribution in [0.2, 0.25) is 0 Å². The standard InChI is InChI=1S/C32H48N6O2S3.2ClH/c1-5-6-7-8-11-16-38(31(39)35-29-28(41-3)24-25(2)33-30(29)42-4)22-21-37-19-17-36(18-20-37)15-12-23-43-32-34-26-13-9-10-14-27(26)40-32;;/h9-10,13-14,24H,5-8,11-12,15-23H2,1-4H3,(H,35,39);2*1H. The van der Waals surface area contributed by atoms with Crippen LogP contribution in [0.3, 0.4) is 0 Å². The summed E-state index contributed by atoms with van der Waals surface area (Å²) in [7, 11) is 0. The van der Waals surface area contributed by atoms with Gasteiger partial charge in [0.05, 0.1) is 5.69 Å². The first-order chi connectivity index (χ1) is 21.0. The van der Waals surface area contributed by atoms with E-state index in [-0.39, 0.29) is 30.8 Å². The van der Waals surface area contributed by atoms with Gasteiger partial charge in [0.15, 0.2) is 5.58 Å². The van der Waals surface area contributed by atoms with Gasteiger partial charge in [0.25, 0.3) is 5.22 Å². The number of carbonyl (C=O) groups excluding carboxylic acids is 1. The number of anilines is 1. The number of aromatic nitrogens is 2. The number of hydrogen-bond acceptors (Lipinski definition) is 9. The summed E-state index contributed by atoms with van der Waals surface area (Å²) in [5, 5.41) is 4.89. The van der Waals surface area contributed by atoms with Gasteiger partial charge >= 0.3 is 6.03 Å². The quantitative estimate of drug-likeness (QED) is 0.109. The van der Waals surface area contributed by atoms with Crippen molar-refractivity contribution in [3.05, 3.63) is 36.0 Å². The second-order valence-electron chi connectivity index (χ2n) is 11.0. The number of piperazine rings is 1. The molecule has 1 saturated heterocycles. The van der Waals surface area contributed by atoms with Gasteiger partial charge in [-0.2, -0.15) is 0 Å². The maximum atomic E-state index is 13.6. The van der Waals surface area contributed by atoms with E-state index in [9.17, 15) is 4.79 Å². The van der Waals surface area contributed by atoms with Gasteiger partial charge < -0.3 is 19.5 Å². The van der Waals surface area contributed by atoms with Crippen molar-refractivity contribution in [2.24, 2.45) is 0 Å². The minimum absolute atomic E-state index is 0. The van der Waals surface area contributed by atoms with Gasteiger partial charge in [0.1, 0.15) is 10.5 Å². The van der Waals surface area contributed by atoms with Gasteiger partial charge in [-0.05, 0) is 57.0 Å². The average molecular weight is 718 g/mol. The van der Waals surface area contributed by atoms with Gasteiger partial charge in [0, 0.05) is 62.2 Å². The molecule has 252 valence electrons. The summed E-state index contributed by atoms with van der Waals surface area (Å²) in [5.41, 5.74) is 3.60. The third kappa shape index (κ3) is 12.7. The number of nitrogens with one attached hydrogen (secondary N) is 1. The number of amides is 2. The molecule has 0 aliphatic carbocycles. The van der Waals surface area contributed by atoms with E-state index in [0.717, 1.165) is 109 Å². The Kier molecular flexibility index (Phi) is 19.0. The first kappa shape index (κ1) is 39.8. The maximum absolute atomic E-state index is 13.6. The molecular formula is C32H50Cl2N6O2S3. The van der Waals surface area contributed by atoms with E-state index in [1.54, 1.807) is 35.3 Å². The number of benzene rings is 1. The van der Waals surface area contributed by atoms with E-state index in [2.05, 4.69) is 44.3 Å². The summed E-state index contributed by atoms with van der Waals surface area (Å²) >= 11 is 4.94. The maximum Gasteiger partial charge on any atom is 0.321 e. The lowest BCUT2D eigenvalue weighted by Crippen LogP contribution is -2.49. The second-order valence-corrected chi connectivity index (χ2v) is 13.7. The largest absolute Gasteiger partial charge is 0.431 e. The minimum Gasteiger partial charge on any atom is -0.431 e. The Balaban J connectivity index is 0.00000353. The van der Waals surface area contributed by atoms with E-state index in [0.29, 0.717) is 0 Å². The average Bonchev–Trinajstić information content (AvgIpc) is 3.44. The number of oxazole rings is 1. The number of nitrogens with zero attached hydrogens (tertiary/aromatic N) is 5. The molecule has 0 spiro atoms. The molecule has 0 radical (unpaired) electrons. The zero-order valence-electron chi connectivity index (χ0n) is 27.1. The van der Waals surface area contributed by atoms with Crippen molar-refractivity contribution in [2.45, 2.75) is 67.5 Å². The summed E-state index contributed by atoms with van der Waals surface area (Å²) in [4.78, 5) is 31.0. The van der Waals surface area contributed by atoms with Crippen LogP contribution in [-0.4, -0.2) is 101 Å². The molecule has 1 fully saturated rings. The van der Waals surface area contributed by atoms with Crippen LogP contribution in [0.5, 0.6) is 0 Å². The van der Waals surface area contributed by atoms with Crippen LogP contribution in [0.15, 0.2) is 49.9 Å². The fourth-order valence-corrected chi connectivity index (χ4v) is 7.37. The number of rotatable bonds is 17. The molecule has 0 bridgehead atoms. The monoisotopic (exact) mass is 716 g/mol. The summed E-state index contributed by atoms with van der Waals surface area (Å²) in [6.45, 7) is 12.0. The molecule has 1 aliphatic rings. The Morgan fingerprint density at radius 2 is 1.64 bits per heavy atom. The van der Waals surface area contributed by atoms with Gasteiger partial charge in [0.2, 0.25) is 0 Å². The molecule has 2 amide bonds. The highest BCUT2D eigenvalue weighted by atomic mass is 35.5. The molecular weight excluding hydrogens is 667 g/mol. The van der Waals surface area contributed by atoms with Crippen LogP contribution in [0.1, 0.15) is 51.1 Å². The summed E-state index contributed by atoms with van der Waals surface area (Å²) < 4.78 is 5.83. The molecule has 0 saturated carbocycles. The molecule has 8 nitrogen and oxygen atoms in total. The number of fused-ring (bicyclic) bond motifs is 1. The predicted octanol–water partition coefficient (Wildman–Crippen LogP) is 8.42. The lowest BCUT2D eigenvalue weighted by molar-refractivity contribution is 0.122. The normalized spacial score (nSPS) is 13.8. The molecule has 45 heavy (non-hydrogen) atoms. The number of pyridine rings is 1. The molecule has 1 aromatic carbocycles. The topological polar surface area (TPSA) is 77.7 Å². The number of thioether (sulfide) groups is 3. The van der Waals surface area contributed by atoms with E-state index in [1.165, 1.54) is 25.7 Å². The lowest BCUT2D eigenvalue weighted by Gasteiger charge is -2.36. The molecule has 3 heterocycles. The van der Waals surface area contributed by atoms with Crippen molar-refractivity contribution in [3.8, 4) is 0 Å². The smallest absolute Gasteiger partial charge is 0.321 e. The van der Waals surface area contributed by atoms with E-state index in [1.807, 2.05) is 42.3 Å². The summed E-state index contributed by atoms with van der Waals surface area (Å²) in [6.07, 6.45) is 11.1. The van der Waals surface area contributed by atoms with Gasteiger partial charge in [-0.3, -0.25) is 4.90 Å².